The molecule has 0 aliphatic heterocycles. The average molecular weight is 417 g/mol. The second kappa shape index (κ2) is 8.81. The van der Waals surface area contributed by atoms with Crippen molar-refractivity contribution in [3.8, 4) is 0 Å². The van der Waals surface area contributed by atoms with Crippen LogP contribution in [0, 0.1) is 19.8 Å². The number of para-hydroxylation sites is 1. The van der Waals surface area contributed by atoms with E-state index in [4.69, 9.17) is 0 Å². The average Bonchev–Trinajstić information content (AvgIpc) is 2.58. The molecule has 0 saturated heterocycles. The van der Waals surface area contributed by atoms with E-state index in [-0.39, 0.29) is 5.91 Å². The van der Waals surface area contributed by atoms with Crippen LogP contribution in [0.1, 0.15) is 66.1 Å². The van der Waals surface area contributed by atoms with Crippen LogP contribution in [0.4, 0.5) is 5.69 Å². The maximum absolute atomic E-state index is 13.2. The van der Waals surface area contributed by atoms with Crippen molar-refractivity contribution in [2.45, 2.75) is 60.8 Å². The number of aryl methyl sites for hydroxylation is 4. The minimum atomic E-state index is -0.0949. The molecule has 4 heteroatoms. The van der Waals surface area contributed by atoms with Gasteiger partial charge in [-0.2, -0.15) is 0 Å². The largest absolute Gasteiger partial charge is 0.321 e. The van der Waals surface area contributed by atoms with Crippen LogP contribution >= 0.6 is 15.9 Å². The van der Waals surface area contributed by atoms with Gasteiger partial charge in [0, 0.05) is 15.9 Å². The minimum Gasteiger partial charge on any atom is -0.321 e. The van der Waals surface area contributed by atoms with Gasteiger partial charge in [0.15, 0.2) is 0 Å². The van der Waals surface area contributed by atoms with Gasteiger partial charge in [0.1, 0.15) is 0 Å². The molecular formula is C22H29BrN2O. The van der Waals surface area contributed by atoms with Gasteiger partial charge in [-0.3, -0.25) is 9.78 Å². The van der Waals surface area contributed by atoms with Crippen LogP contribution in [-0.2, 0) is 19.3 Å². The number of nitrogens with zero attached hydrogens (tertiary/aromatic N) is 1. The standard InChI is InChI=1S/C22H29BrN2O/c1-7-16-10-9-11-17(8-2)21(16)25-22(26)19-15(6)24-14(5)18(20(19)23)12-13(3)4/h9-11,13H,7-8,12H2,1-6H3,(H,25,26). The zero-order chi connectivity index (χ0) is 19.4. The Morgan fingerprint density at radius 3 is 2.19 bits per heavy atom. The summed E-state index contributed by atoms with van der Waals surface area (Å²) < 4.78 is 0.876. The summed E-state index contributed by atoms with van der Waals surface area (Å²) in [5.41, 5.74) is 6.77. The number of amides is 1. The molecule has 0 atom stereocenters. The number of hydrogen-bond acceptors (Lipinski definition) is 2. The Hall–Kier alpha value is -1.68. The Morgan fingerprint density at radius 1 is 1.12 bits per heavy atom. The van der Waals surface area contributed by atoms with Crippen molar-refractivity contribution < 1.29 is 4.79 Å². The summed E-state index contributed by atoms with van der Waals surface area (Å²) in [7, 11) is 0. The summed E-state index contributed by atoms with van der Waals surface area (Å²) in [6.07, 6.45) is 2.66. The number of benzene rings is 1. The molecule has 0 aliphatic carbocycles. The molecule has 140 valence electrons. The molecule has 3 nitrogen and oxygen atoms in total. The number of aromatic nitrogens is 1. The molecule has 1 N–H and O–H groups in total. The number of hydrogen-bond donors (Lipinski definition) is 1. The van der Waals surface area contributed by atoms with Gasteiger partial charge in [-0.05, 0) is 71.6 Å². The molecule has 0 saturated carbocycles. The predicted molar refractivity (Wildman–Crippen MR) is 113 cm³/mol. The van der Waals surface area contributed by atoms with Gasteiger partial charge in [-0.15, -0.1) is 0 Å². The topological polar surface area (TPSA) is 42.0 Å². The van der Waals surface area contributed by atoms with Crippen molar-refractivity contribution in [3.63, 3.8) is 0 Å². The summed E-state index contributed by atoms with van der Waals surface area (Å²) in [5, 5.41) is 3.17. The van der Waals surface area contributed by atoms with Gasteiger partial charge in [0.25, 0.3) is 5.91 Å². The summed E-state index contributed by atoms with van der Waals surface area (Å²) >= 11 is 3.70. The Kier molecular flexibility index (Phi) is 6.99. The number of carbonyl (C=O) groups excluding carboxylic acids is 1. The first kappa shape index (κ1) is 20.6. The molecular weight excluding hydrogens is 388 g/mol. The fourth-order valence-electron chi connectivity index (χ4n) is 3.33. The van der Waals surface area contributed by atoms with Crippen LogP contribution in [0.3, 0.4) is 0 Å². The van der Waals surface area contributed by atoms with E-state index in [1.54, 1.807) is 0 Å². The number of halogens is 1. The van der Waals surface area contributed by atoms with E-state index < -0.39 is 0 Å². The molecule has 0 bridgehead atoms. The number of nitrogens with one attached hydrogen (secondary N) is 1. The van der Waals surface area contributed by atoms with E-state index in [2.05, 4.69) is 72.1 Å². The lowest BCUT2D eigenvalue weighted by Crippen LogP contribution is -2.19. The fourth-order valence-corrected chi connectivity index (χ4v) is 4.25. The normalized spacial score (nSPS) is 11.1. The van der Waals surface area contributed by atoms with Gasteiger partial charge in [-0.1, -0.05) is 45.9 Å². The van der Waals surface area contributed by atoms with E-state index in [0.717, 1.165) is 57.5 Å². The highest BCUT2D eigenvalue weighted by Gasteiger charge is 2.21. The first-order chi connectivity index (χ1) is 12.3. The first-order valence-corrected chi connectivity index (χ1v) is 10.2. The number of anilines is 1. The Morgan fingerprint density at radius 2 is 1.69 bits per heavy atom. The summed E-state index contributed by atoms with van der Waals surface area (Å²) in [5.74, 6) is 0.403. The van der Waals surface area contributed by atoms with Crippen molar-refractivity contribution in [2.24, 2.45) is 5.92 Å². The van der Waals surface area contributed by atoms with Crippen LogP contribution in [-0.4, -0.2) is 10.9 Å². The van der Waals surface area contributed by atoms with Crippen molar-refractivity contribution in [1.82, 2.24) is 4.98 Å². The third-order valence-electron chi connectivity index (χ3n) is 4.70. The van der Waals surface area contributed by atoms with Crippen molar-refractivity contribution >= 4 is 27.5 Å². The molecule has 0 fully saturated rings. The molecule has 1 heterocycles. The molecule has 26 heavy (non-hydrogen) atoms. The van der Waals surface area contributed by atoms with Gasteiger partial charge in [0.05, 0.1) is 11.3 Å². The molecule has 0 unspecified atom stereocenters. The van der Waals surface area contributed by atoms with E-state index in [1.165, 1.54) is 0 Å². The van der Waals surface area contributed by atoms with Crippen molar-refractivity contribution in [2.75, 3.05) is 5.32 Å². The van der Waals surface area contributed by atoms with Gasteiger partial charge < -0.3 is 5.32 Å². The maximum atomic E-state index is 13.2. The summed E-state index contributed by atoms with van der Waals surface area (Å²) in [6, 6.07) is 6.21. The third-order valence-corrected chi connectivity index (χ3v) is 5.57. The molecule has 0 aliphatic rings. The summed E-state index contributed by atoms with van der Waals surface area (Å²) in [4.78, 5) is 17.8. The first-order valence-electron chi connectivity index (χ1n) is 9.37. The maximum Gasteiger partial charge on any atom is 0.258 e. The lowest BCUT2D eigenvalue weighted by Gasteiger charge is -2.18. The van der Waals surface area contributed by atoms with Crippen molar-refractivity contribution in [1.29, 1.82) is 0 Å². The molecule has 1 amide bonds. The second-order valence-corrected chi connectivity index (χ2v) is 7.95. The molecule has 2 rings (SSSR count). The Labute approximate surface area is 165 Å². The smallest absolute Gasteiger partial charge is 0.258 e. The van der Waals surface area contributed by atoms with E-state index in [9.17, 15) is 4.79 Å². The van der Waals surface area contributed by atoms with E-state index in [1.807, 2.05) is 13.8 Å². The van der Waals surface area contributed by atoms with Gasteiger partial charge in [0.2, 0.25) is 0 Å². The SMILES string of the molecule is CCc1cccc(CC)c1NC(=O)c1c(C)nc(C)c(CC(C)C)c1Br. The Bertz CT molecular complexity index is 790. The lowest BCUT2D eigenvalue weighted by molar-refractivity contribution is 0.102. The number of carbonyl (C=O) groups is 1. The van der Waals surface area contributed by atoms with Crippen LogP contribution in [0.2, 0.25) is 0 Å². The molecule has 0 spiro atoms. The van der Waals surface area contributed by atoms with Crippen LogP contribution < -0.4 is 5.32 Å². The number of rotatable bonds is 6. The predicted octanol–water partition coefficient (Wildman–Crippen LogP) is 6.04. The van der Waals surface area contributed by atoms with Crippen LogP contribution in [0.15, 0.2) is 22.7 Å². The highest BCUT2D eigenvalue weighted by atomic mass is 79.9. The minimum absolute atomic E-state index is 0.0949. The van der Waals surface area contributed by atoms with E-state index >= 15 is 0 Å². The molecule has 1 aromatic carbocycles. The van der Waals surface area contributed by atoms with Crippen LogP contribution in [0.25, 0.3) is 0 Å². The number of pyridine rings is 1. The molecule has 2 aromatic rings. The zero-order valence-corrected chi connectivity index (χ0v) is 18.3. The van der Waals surface area contributed by atoms with Gasteiger partial charge in [-0.25, -0.2) is 0 Å². The highest BCUT2D eigenvalue weighted by Crippen LogP contribution is 2.30. The highest BCUT2D eigenvalue weighted by molar-refractivity contribution is 9.10. The fraction of sp³-hybridized carbons (Fsp3) is 0.455. The second-order valence-electron chi connectivity index (χ2n) is 7.16. The van der Waals surface area contributed by atoms with E-state index in [0.29, 0.717) is 11.5 Å². The molecule has 1 aromatic heterocycles. The molecule has 0 radical (unpaired) electrons. The van der Waals surface area contributed by atoms with Crippen LogP contribution in [0.5, 0.6) is 0 Å². The summed E-state index contributed by atoms with van der Waals surface area (Å²) in [6.45, 7) is 12.5. The quantitative estimate of drug-likeness (QED) is 0.623. The Balaban J connectivity index is 2.49. The third kappa shape index (κ3) is 4.35. The zero-order valence-electron chi connectivity index (χ0n) is 16.7. The van der Waals surface area contributed by atoms with Gasteiger partial charge >= 0.3 is 0 Å². The monoisotopic (exact) mass is 416 g/mol. The van der Waals surface area contributed by atoms with Crippen molar-refractivity contribution in [3.05, 3.63) is 56.3 Å². The lowest BCUT2D eigenvalue weighted by atomic mass is 9.98.